The second kappa shape index (κ2) is 15.8. The lowest BCUT2D eigenvalue weighted by Crippen LogP contribution is -2.58. The van der Waals surface area contributed by atoms with Crippen molar-refractivity contribution in [2.24, 2.45) is 33.8 Å². The average Bonchev–Trinajstić information content (AvgIpc) is 3.36. The van der Waals surface area contributed by atoms with E-state index in [1.807, 2.05) is 6.92 Å². The number of carbonyl (C=O) groups excluding carboxylic acids is 4. The Bertz CT molecular complexity index is 979. The van der Waals surface area contributed by atoms with Gasteiger partial charge in [-0.2, -0.15) is 0 Å². The standard InChI is InChI=1S/C22H38N10O6/c1-3-11(2)17(24)20(36)30-13(5-4-6-28-22(25)26)18(34)31-14(8-16(23)33)19(35)32-15(21(37)38)7-12-9-27-10-29-12/h9-11,13-15,17H,3-8,24H2,1-2H3,(H2,23,33)(H,27,29)(H,30,36)(H,31,34)(H,32,35)(H,37,38)(H4,25,26,28). The first kappa shape index (κ1) is 31.8. The number of rotatable bonds is 17. The van der Waals surface area contributed by atoms with Gasteiger partial charge in [-0.25, -0.2) is 9.78 Å². The van der Waals surface area contributed by atoms with E-state index in [-0.39, 0.29) is 37.7 Å². The Morgan fingerprint density at radius 1 is 1.03 bits per heavy atom. The van der Waals surface area contributed by atoms with Crippen molar-refractivity contribution in [2.45, 2.75) is 70.1 Å². The smallest absolute Gasteiger partial charge is 0.326 e. The molecule has 1 aromatic rings. The Balaban J connectivity index is 3.04. The van der Waals surface area contributed by atoms with Crippen LogP contribution >= 0.6 is 0 Å². The fourth-order valence-electron chi connectivity index (χ4n) is 3.32. The number of aromatic amines is 1. The lowest BCUT2D eigenvalue weighted by molar-refractivity contribution is -0.142. The molecule has 1 heterocycles. The summed E-state index contributed by atoms with van der Waals surface area (Å²) in [4.78, 5) is 72.4. The minimum Gasteiger partial charge on any atom is -0.480 e. The van der Waals surface area contributed by atoms with E-state index >= 15 is 0 Å². The van der Waals surface area contributed by atoms with Gasteiger partial charge in [0.05, 0.1) is 18.8 Å². The third-order valence-corrected chi connectivity index (χ3v) is 5.77. The van der Waals surface area contributed by atoms with E-state index in [1.165, 1.54) is 12.5 Å². The van der Waals surface area contributed by atoms with Crippen molar-refractivity contribution in [3.05, 3.63) is 18.2 Å². The van der Waals surface area contributed by atoms with E-state index < -0.39 is 60.2 Å². The van der Waals surface area contributed by atoms with E-state index in [2.05, 4.69) is 30.9 Å². The number of imidazole rings is 1. The average molecular weight is 539 g/mol. The minimum absolute atomic E-state index is 0.0735. The predicted molar refractivity (Wildman–Crippen MR) is 137 cm³/mol. The summed E-state index contributed by atoms with van der Waals surface area (Å²) in [6.45, 7) is 3.81. The lowest BCUT2D eigenvalue weighted by Gasteiger charge is -2.25. The summed E-state index contributed by atoms with van der Waals surface area (Å²) in [6.07, 6.45) is 2.98. The molecule has 13 N–H and O–H groups in total. The lowest BCUT2D eigenvalue weighted by atomic mass is 9.98. The van der Waals surface area contributed by atoms with Crippen LogP contribution in [0, 0.1) is 5.92 Å². The zero-order chi connectivity index (χ0) is 28.8. The number of aromatic nitrogens is 2. The number of nitrogens with one attached hydrogen (secondary N) is 4. The molecule has 0 fully saturated rings. The number of guanidine groups is 1. The Morgan fingerprint density at radius 3 is 2.16 bits per heavy atom. The molecule has 0 aliphatic carbocycles. The third kappa shape index (κ3) is 11.2. The summed E-state index contributed by atoms with van der Waals surface area (Å²) in [5, 5.41) is 16.8. The molecule has 16 nitrogen and oxygen atoms in total. The molecule has 0 spiro atoms. The highest BCUT2D eigenvalue weighted by Crippen LogP contribution is 2.08. The number of primary amides is 1. The summed E-state index contributed by atoms with van der Waals surface area (Å²) < 4.78 is 0. The molecule has 16 heteroatoms. The first-order valence-corrected chi connectivity index (χ1v) is 12.1. The molecule has 0 aliphatic heterocycles. The number of carbonyl (C=O) groups is 5. The molecule has 0 aliphatic rings. The van der Waals surface area contributed by atoms with Crippen molar-refractivity contribution in [2.75, 3.05) is 6.54 Å². The normalized spacial score (nSPS) is 14.7. The second-order valence-electron chi connectivity index (χ2n) is 8.83. The molecule has 5 unspecified atom stereocenters. The molecule has 0 radical (unpaired) electrons. The van der Waals surface area contributed by atoms with Crippen molar-refractivity contribution in [3.8, 4) is 0 Å². The summed E-state index contributed by atoms with van der Waals surface area (Å²) in [5.74, 6) is -4.92. The van der Waals surface area contributed by atoms with Crippen molar-refractivity contribution in [3.63, 3.8) is 0 Å². The highest BCUT2D eigenvalue weighted by molar-refractivity contribution is 5.96. The fraction of sp³-hybridized carbons (Fsp3) is 0.591. The van der Waals surface area contributed by atoms with Crippen LogP contribution in [0.4, 0.5) is 0 Å². The van der Waals surface area contributed by atoms with Crippen LogP contribution in [0.15, 0.2) is 17.5 Å². The van der Waals surface area contributed by atoms with Crippen molar-refractivity contribution in [1.82, 2.24) is 25.9 Å². The van der Waals surface area contributed by atoms with Gasteiger partial charge in [0.15, 0.2) is 5.96 Å². The van der Waals surface area contributed by atoms with Gasteiger partial charge in [0, 0.05) is 24.9 Å². The van der Waals surface area contributed by atoms with Gasteiger partial charge >= 0.3 is 5.97 Å². The van der Waals surface area contributed by atoms with Crippen molar-refractivity contribution in [1.29, 1.82) is 0 Å². The molecule has 212 valence electrons. The van der Waals surface area contributed by atoms with Crippen LogP contribution in [0.2, 0.25) is 0 Å². The largest absolute Gasteiger partial charge is 0.480 e. The molecule has 1 rings (SSSR count). The van der Waals surface area contributed by atoms with Gasteiger partial charge in [-0.15, -0.1) is 0 Å². The number of aliphatic imine (C=N–C) groups is 1. The highest BCUT2D eigenvalue weighted by Gasteiger charge is 2.32. The number of hydrogen-bond acceptors (Lipinski definition) is 8. The van der Waals surface area contributed by atoms with Crippen LogP contribution in [0.5, 0.6) is 0 Å². The number of nitrogens with two attached hydrogens (primary N) is 4. The summed E-state index contributed by atoms with van der Waals surface area (Å²) in [5.41, 5.74) is 22.3. The number of H-pyrrole nitrogens is 1. The molecule has 0 bridgehead atoms. The Labute approximate surface area is 219 Å². The van der Waals surface area contributed by atoms with E-state index in [9.17, 15) is 29.1 Å². The molecular weight excluding hydrogens is 500 g/mol. The van der Waals surface area contributed by atoms with Gasteiger partial charge < -0.3 is 49.0 Å². The Morgan fingerprint density at radius 2 is 1.63 bits per heavy atom. The van der Waals surface area contributed by atoms with Crippen LogP contribution in [-0.2, 0) is 30.4 Å². The maximum atomic E-state index is 13.1. The quantitative estimate of drug-likeness (QED) is 0.0543. The topological polar surface area (TPSA) is 287 Å². The number of amides is 4. The highest BCUT2D eigenvalue weighted by atomic mass is 16.4. The molecular formula is C22H38N10O6. The summed E-state index contributed by atoms with van der Waals surface area (Å²) in [6, 6.07) is -4.95. The van der Waals surface area contributed by atoms with Gasteiger partial charge in [0.25, 0.3) is 0 Å². The van der Waals surface area contributed by atoms with Gasteiger partial charge in [0.1, 0.15) is 18.1 Å². The van der Waals surface area contributed by atoms with Crippen LogP contribution in [-0.4, -0.2) is 81.3 Å². The molecule has 1 aromatic heterocycles. The molecule has 5 atom stereocenters. The summed E-state index contributed by atoms with van der Waals surface area (Å²) in [7, 11) is 0. The maximum Gasteiger partial charge on any atom is 0.326 e. The number of carboxylic acid groups (broad SMARTS) is 1. The van der Waals surface area contributed by atoms with Crippen LogP contribution in [0.25, 0.3) is 0 Å². The molecule has 0 saturated carbocycles. The maximum absolute atomic E-state index is 13.1. The number of hydrogen-bond donors (Lipinski definition) is 9. The van der Waals surface area contributed by atoms with Crippen LogP contribution < -0.4 is 38.9 Å². The number of nitrogens with zero attached hydrogens (tertiary/aromatic N) is 2. The Hall–Kier alpha value is -4.21. The van der Waals surface area contributed by atoms with Crippen LogP contribution in [0.3, 0.4) is 0 Å². The number of carboxylic acids is 1. The van der Waals surface area contributed by atoms with Crippen molar-refractivity contribution >= 4 is 35.6 Å². The van der Waals surface area contributed by atoms with E-state index in [0.717, 1.165) is 0 Å². The first-order chi connectivity index (χ1) is 17.8. The molecule has 0 saturated heterocycles. The SMILES string of the molecule is CCC(C)C(N)C(=O)NC(CCCN=C(N)N)C(=O)NC(CC(N)=O)C(=O)NC(Cc1cnc[nH]1)C(=O)O. The van der Waals surface area contributed by atoms with Crippen LogP contribution in [0.1, 0.15) is 45.2 Å². The van der Waals surface area contributed by atoms with Gasteiger partial charge in [0.2, 0.25) is 23.6 Å². The van der Waals surface area contributed by atoms with E-state index in [0.29, 0.717) is 12.1 Å². The zero-order valence-electron chi connectivity index (χ0n) is 21.5. The zero-order valence-corrected chi connectivity index (χ0v) is 21.5. The predicted octanol–water partition coefficient (Wildman–Crippen LogP) is -3.21. The summed E-state index contributed by atoms with van der Waals surface area (Å²) >= 11 is 0. The minimum atomic E-state index is -1.51. The first-order valence-electron chi connectivity index (χ1n) is 12.1. The molecule has 38 heavy (non-hydrogen) atoms. The Kier molecular flexibility index (Phi) is 13.2. The molecule has 0 aromatic carbocycles. The van der Waals surface area contributed by atoms with Gasteiger partial charge in [-0.3, -0.25) is 24.2 Å². The van der Waals surface area contributed by atoms with Crippen molar-refractivity contribution < 1.29 is 29.1 Å². The van der Waals surface area contributed by atoms with E-state index in [1.54, 1.807) is 6.92 Å². The van der Waals surface area contributed by atoms with Gasteiger partial charge in [-0.05, 0) is 18.8 Å². The third-order valence-electron chi connectivity index (χ3n) is 5.77. The monoisotopic (exact) mass is 538 g/mol. The van der Waals surface area contributed by atoms with Gasteiger partial charge in [-0.1, -0.05) is 20.3 Å². The molecule has 4 amide bonds. The second-order valence-corrected chi connectivity index (χ2v) is 8.83. The van der Waals surface area contributed by atoms with E-state index in [4.69, 9.17) is 22.9 Å². The fourth-order valence-corrected chi connectivity index (χ4v) is 3.32. The number of aliphatic carboxylic acids is 1.